The fourth-order valence-corrected chi connectivity index (χ4v) is 4.38. The molecule has 0 saturated carbocycles. The van der Waals surface area contributed by atoms with Gasteiger partial charge in [0.05, 0.1) is 13.7 Å². The van der Waals surface area contributed by atoms with Gasteiger partial charge in [0.25, 0.3) is 0 Å². The van der Waals surface area contributed by atoms with Gasteiger partial charge in [0.2, 0.25) is 0 Å². The Morgan fingerprint density at radius 1 is 0.875 bits per heavy atom. The van der Waals surface area contributed by atoms with Gasteiger partial charge in [-0.2, -0.15) is 0 Å². The molecule has 0 amide bonds. The minimum absolute atomic E-state index is 0. The maximum atomic E-state index is 12.6. The third kappa shape index (κ3) is 5.48. The zero-order valence-electron chi connectivity index (χ0n) is 18.7. The smallest absolute Gasteiger partial charge is 0.176 e. The molecule has 0 aromatic heterocycles. The summed E-state index contributed by atoms with van der Waals surface area (Å²) in [5.41, 5.74) is 6.10. The highest BCUT2D eigenvalue weighted by molar-refractivity contribution is 5.97. The maximum absolute atomic E-state index is 12.6. The quantitative estimate of drug-likeness (QED) is 0.378. The predicted molar refractivity (Wildman–Crippen MR) is 135 cm³/mol. The first-order valence-electron chi connectivity index (χ1n) is 10.9. The second kappa shape index (κ2) is 11.1. The first-order chi connectivity index (χ1) is 15.2. The molecule has 0 bridgehead atoms. The largest absolute Gasteiger partial charge is 0.497 e. The lowest BCUT2D eigenvalue weighted by molar-refractivity contribution is 0.0945. The number of fused-ring (bicyclic) bond motifs is 2. The average Bonchev–Trinajstić information content (AvgIpc) is 2.96. The molecule has 0 unspecified atom stereocenters. The van der Waals surface area contributed by atoms with Gasteiger partial charge >= 0.3 is 0 Å². The van der Waals surface area contributed by atoms with E-state index in [1.54, 1.807) is 7.11 Å². The number of carbonyl (C=O) groups excluding carboxylic acids is 1. The number of methoxy groups -OCH3 is 1. The number of likely N-dealkylation sites (N-methyl/N-ethyl adjacent to an activating group) is 1. The standard InChI is InChI=1S/C28H29NO2.ClH/c1-29(20-28(30)23-15-17-24(31-2)18-16-23)19-7-12-27-25-10-5-3-8-21(25)13-14-22-9-4-6-11-26(22)27;/h3-6,8-11,13-18,27H,7,12,19-20H2,1-2H3;1H. The van der Waals surface area contributed by atoms with E-state index in [9.17, 15) is 4.79 Å². The Bertz CT molecular complexity index is 1030. The second-order valence-corrected chi connectivity index (χ2v) is 8.18. The summed E-state index contributed by atoms with van der Waals surface area (Å²) in [4.78, 5) is 14.7. The normalized spacial score (nSPS) is 12.5. The number of Topliss-reactive ketones (excluding diaryl/α,β-unsaturated/α-hetero) is 1. The number of carbonyl (C=O) groups is 1. The number of benzene rings is 3. The summed E-state index contributed by atoms with van der Waals surface area (Å²) in [6.45, 7) is 1.31. The van der Waals surface area contributed by atoms with E-state index in [1.807, 2.05) is 31.3 Å². The summed E-state index contributed by atoms with van der Waals surface area (Å²) in [5, 5.41) is 0. The van der Waals surface area contributed by atoms with Gasteiger partial charge in [0.1, 0.15) is 5.75 Å². The fraction of sp³-hybridized carbons (Fsp3) is 0.250. The van der Waals surface area contributed by atoms with Crippen LogP contribution in [0.2, 0.25) is 0 Å². The molecule has 3 aromatic rings. The molecule has 0 heterocycles. The molecule has 3 nitrogen and oxygen atoms in total. The Morgan fingerprint density at radius 3 is 2.00 bits per heavy atom. The summed E-state index contributed by atoms with van der Waals surface area (Å²) in [7, 11) is 3.66. The summed E-state index contributed by atoms with van der Waals surface area (Å²) in [6, 6.07) is 24.7. The molecule has 4 rings (SSSR count). The number of halogens is 1. The van der Waals surface area contributed by atoms with Gasteiger partial charge in [-0.3, -0.25) is 9.69 Å². The molecule has 4 heteroatoms. The summed E-state index contributed by atoms with van der Waals surface area (Å²) in [6.07, 6.45) is 6.54. The SMILES string of the molecule is COc1ccc(C(=O)CN(C)CCCC2c3ccccc3C=Cc3ccccc32)cc1.Cl. The number of hydrogen-bond donors (Lipinski definition) is 0. The van der Waals surface area contributed by atoms with Crippen molar-refractivity contribution in [2.75, 3.05) is 27.2 Å². The summed E-state index contributed by atoms with van der Waals surface area (Å²) in [5.74, 6) is 1.27. The molecule has 0 radical (unpaired) electrons. The first-order valence-corrected chi connectivity index (χ1v) is 10.9. The number of hydrogen-bond acceptors (Lipinski definition) is 3. The van der Waals surface area contributed by atoms with Crippen LogP contribution in [0.3, 0.4) is 0 Å². The highest BCUT2D eigenvalue weighted by Gasteiger charge is 2.21. The van der Waals surface area contributed by atoms with Crippen molar-refractivity contribution in [3.05, 3.63) is 101 Å². The zero-order chi connectivity index (χ0) is 21.6. The number of nitrogens with zero attached hydrogens (tertiary/aromatic N) is 1. The highest BCUT2D eigenvalue weighted by atomic mass is 35.5. The van der Waals surface area contributed by atoms with Gasteiger partial charge in [0, 0.05) is 11.5 Å². The molecule has 166 valence electrons. The van der Waals surface area contributed by atoms with Crippen molar-refractivity contribution < 1.29 is 9.53 Å². The van der Waals surface area contributed by atoms with E-state index < -0.39 is 0 Å². The average molecular weight is 448 g/mol. The Kier molecular flexibility index (Phi) is 8.26. The van der Waals surface area contributed by atoms with Gasteiger partial charge in [-0.1, -0.05) is 60.7 Å². The molecule has 1 aliphatic carbocycles. The van der Waals surface area contributed by atoms with E-state index >= 15 is 0 Å². The van der Waals surface area contributed by atoms with Crippen LogP contribution in [0.4, 0.5) is 0 Å². The van der Waals surface area contributed by atoms with Crippen LogP contribution in [0.15, 0.2) is 72.8 Å². The molecule has 0 saturated heterocycles. The second-order valence-electron chi connectivity index (χ2n) is 8.18. The number of rotatable bonds is 8. The third-order valence-corrected chi connectivity index (χ3v) is 6.04. The van der Waals surface area contributed by atoms with Crippen molar-refractivity contribution in [3.63, 3.8) is 0 Å². The van der Waals surface area contributed by atoms with E-state index in [-0.39, 0.29) is 18.2 Å². The molecule has 32 heavy (non-hydrogen) atoms. The summed E-state index contributed by atoms with van der Waals surface area (Å²) >= 11 is 0. The number of ketones is 1. The lowest BCUT2D eigenvalue weighted by Crippen LogP contribution is -2.27. The highest BCUT2D eigenvalue weighted by Crippen LogP contribution is 2.37. The Balaban J connectivity index is 0.00000289. The third-order valence-electron chi connectivity index (χ3n) is 6.04. The zero-order valence-corrected chi connectivity index (χ0v) is 19.5. The van der Waals surface area contributed by atoms with Crippen molar-refractivity contribution in [1.29, 1.82) is 0 Å². The van der Waals surface area contributed by atoms with Crippen molar-refractivity contribution >= 4 is 30.3 Å². The van der Waals surface area contributed by atoms with Gasteiger partial charge in [-0.05, 0) is 73.0 Å². The molecule has 0 fully saturated rings. The fourth-order valence-electron chi connectivity index (χ4n) is 4.38. The molecular weight excluding hydrogens is 418 g/mol. The van der Waals surface area contributed by atoms with E-state index in [4.69, 9.17) is 4.74 Å². The molecule has 1 aliphatic rings. The van der Waals surface area contributed by atoms with Gasteiger partial charge in [0.15, 0.2) is 5.78 Å². The van der Waals surface area contributed by atoms with Crippen LogP contribution >= 0.6 is 12.4 Å². The first kappa shape index (κ1) is 23.8. The van der Waals surface area contributed by atoms with Crippen LogP contribution in [-0.4, -0.2) is 37.9 Å². The molecular formula is C28H30ClNO2. The van der Waals surface area contributed by atoms with Crippen LogP contribution in [0.1, 0.15) is 51.4 Å². The lowest BCUT2D eigenvalue weighted by Gasteiger charge is -2.22. The van der Waals surface area contributed by atoms with Crippen LogP contribution in [0.5, 0.6) is 5.75 Å². The predicted octanol–water partition coefficient (Wildman–Crippen LogP) is 6.33. The number of ether oxygens (including phenoxy) is 1. The van der Waals surface area contributed by atoms with E-state index in [1.165, 1.54) is 22.3 Å². The van der Waals surface area contributed by atoms with Crippen LogP contribution in [0.25, 0.3) is 12.2 Å². The maximum Gasteiger partial charge on any atom is 0.176 e. The molecule has 0 atom stereocenters. The molecule has 0 aliphatic heterocycles. The van der Waals surface area contributed by atoms with Gasteiger partial charge in [-0.25, -0.2) is 0 Å². The minimum atomic E-state index is 0. The lowest BCUT2D eigenvalue weighted by atomic mass is 9.84. The van der Waals surface area contributed by atoms with Crippen LogP contribution < -0.4 is 4.74 Å². The van der Waals surface area contributed by atoms with Crippen molar-refractivity contribution in [2.24, 2.45) is 0 Å². The minimum Gasteiger partial charge on any atom is -0.497 e. The van der Waals surface area contributed by atoms with E-state index in [0.717, 1.165) is 30.7 Å². The Hall–Kier alpha value is -2.88. The summed E-state index contributed by atoms with van der Waals surface area (Å²) < 4.78 is 5.17. The van der Waals surface area contributed by atoms with Gasteiger partial charge in [-0.15, -0.1) is 12.4 Å². The van der Waals surface area contributed by atoms with Crippen molar-refractivity contribution in [3.8, 4) is 5.75 Å². The monoisotopic (exact) mass is 447 g/mol. The van der Waals surface area contributed by atoms with Crippen molar-refractivity contribution in [2.45, 2.75) is 18.8 Å². The molecule has 0 spiro atoms. The van der Waals surface area contributed by atoms with Crippen molar-refractivity contribution in [1.82, 2.24) is 4.90 Å². The molecule has 3 aromatic carbocycles. The molecule has 0 N–H and O–H groups in total. The van der Waals surface area contributed by atoms with Crippen LogP contribution in [0, 0.1) is 0 Å². The van der Waals surface area contributed by atoms with E-state index in [2.05, 4.69) is 65.6 Å². The van der Waals surface area contributed by atoms with Crippen LogP contribution in [-0.2, 0) is 0 Å². The Labute approximate surface area is 197 Å². The van der Waals surface area contributed by atoms with Gasteiger partial charge < -0.3 is 4.74 Å². The topological polar surface area (TPSA) is 29.5 Å². The van der Waals surface area contributed by atoms with E-state index in [0.29, 0.717) is 12.5 Å². The Morgan fingerprint density at radius 2 is 1.44 bits per heavy atom.